The Bertz CT molecular complexity index is 283. The van der Waals surface area contributed by atoms with E-state index in [1.54, 1.807) is 0 Å². The molecular formula is C18H39O4P. The maximum Gasteiger partial charge on any atom is 0.472 e. The van der Waals surface area contributed by atoms with Crippen LogP contribution in [0.15, 0.2) is 0 Å². The molecule has 0 heterocycles. The maximum atomic E-state index is 12.0. The summed E-state index contributed by atoms with van der Waals surface area (Å²) in [5, 5.41) is 0. The first-order valence-electron chi connectivity index (χ1n) is 9.60. The van der Waals surface area contributed by atoms with Crippen molar-refractivity contribution in [3.05, 3.63) is 0 Å². The Labute approximate surface area is 144 Å². The van der Waals surface area contributed by atoms with Crippen LogP contribution in [0.4, 0.5) is 0 Å². The Morgan fingerprint density at radius 3 is 1.43 bits per heavy atom. The van der Waals surface area contributed by atoms with Gasteiger partial charge in [-0.1, -0.05) is 78.1 Å². The van der Waals surface area contributed by atoms with Crippen molar-refractivity contribution < 1.29 is 18.5 Å². The smallest absolute Gasteiger partial charge is 0.302 e. The molecule has 1 N–H and O–H groups in total. The zero-order valence-electron chi connectivity index (χ0n) is 15.8. The molecule has 0 bridgehead atoms. The molecule has 0 aliphatic rings. The van der Waals surface area contributed by atoms with Crippen LogP contribution in [0, 0.1) is 0 Å². The van der Waals surface area contributed by atoms with Crippen LogP contribution in [0.5, 0.6) is 0 Å². The van der Waals surface area contributed by atoms with Crippen molar-refractivity contribution in [1.29, 1.82) is 0 Å². The molecule has 2 unspecified atom stereocenters. The molecule has 0 fully saturated rings. The minimum atomic E-state index is -3.93. The first-order valence-corrected chi connectivity index (χ1v) is 11.1. The van der Waals surface area contributed by atoms with E-state index >= 15 is 0 Å². The first kappa shape index (κ1) is 23.1. The average molecular weight is 350 g/mol. The quantitative estimate of drug-likeness (QED) is 0.251. The van der Waals surface area contributed by atoms with Crippen LogP contribution < -0.4 is 0 Å². The molecule has 0 rings (SSSR count). The summed E-state index contributed by atoms with van der Waals surface area (Å²) in [6.45, 7) is 8.08. The number of unbranched alkanes of at least 4 members (excludes halogenated alkanes) is 8. The van der Waals surface area contributed by atoms with E-state index in [0.29, 0.717) is 0 Å². The van der Waals surface area contributed by atoms with Crippen molar-refractivity contribution in [2.24, 2.45) is 0 Å². The summed E-state index contributed by atoms with van der Waals surface area (Å²) in [4.78, 5) is 9.85. The molecule has 140 valence electrons. The fourth-order valence-corrected chi connectivity index (χ4v) is 3.83. The van der Waals surface area contributed by atoms with E-state index in [2.05, 4.69) is 13.8 Å². The highest BCUT2D eigenvalue weighted by Gasteiger charge is 2.26. The Balaban J connectivity index is 3.81. The predicted octanol–water partition coefficient (Wildman–Crippen LogP) is 6.62. The van der Waals surface area contributed by atoms with E-state index < -0.39 is 7.82 Å². The van der Waals surface area contributed by atoms with E-state index in [0.717, 1.165) is 38.5 Å². The molecule has 0 aromatic carbocycles. The molecule has 0 amide bonds. The predicted molar refractivity (Wildman–Crippen MR) is 97.7 cm³/mol. The molecule has 0 saturated heterocycles. The second-order valence-corrected chi connectivity index (χ2v) is 8.07. The number of phosphoric ester groups is 1. The highest BCUT2D eigenvalue weighted by Crippen LogP contribution is 2.47. The Kier molecular flexibility index (Phi) is 14.5. The van der Waals surface area contributed by atoms with E-state index in [9.17, 15) is 9.46 Å². The monoisotopic (exact) mass is 350 g/mol. The van der Waals surface area contributed by atoms with Crippen molar-refractivity contribution in [2.45, 2.75) is 117 Å². The summed E-state index contributed by atoms with van der Waals surface area (Å²) in [6.07, 6.45) is 13.0. The molecule has 0 aliphatic heterocycles. The molecule has 4 nitrogen and oxygen atoms in total. The van der Waals surface area contributed by atoms with Crippen molar-refractivity contribution in [3.63, 3.8) is 0 Å². The lowest BCUT2D eigenvalue weighted by Gasteiger charge is -2.21. The largest absolute Gasteiger partial charge is 0.472 e. The van der Waals surface area contributed by atoms with Gasteiger partial charge in [-0.05, 0) is 26.7 Å². The Morgan fingerprint density at radius 1 is 0.739 bits per heavy atom. The van der Waals surface area contributed by atoms with Gasteiger partial charge in [0.25, 0.3) is 0 Å². The summed E-state index contributed by atoms with van der Waals surface area (Å²) >= 11 is 0. The Morgan fingerprint density at radius 2 is 1.09 bits per heavy atom. The highest BCUT2D eigenvalue weighted by atomic mass is 31.2. The van der Waals surface area contributed by atoms with Gasteiger partial charge in [-0.25, -0.2) is 4.57 Å². The third kappa shape index (κ3) is 15.4. The first-order chi connectivity index (χ1) is 10.9. The molecule has 0 saturated carbocycles. The van der Waals surface area contributed by atoms with Crippen molar-refractivity contribution >= 4 is 7.82 Å². The third-order valence-corrected chi connectivity index (χ3v) is 5.31. The number of hydrogen-bond donors (Lipinski definition) is 1. The zero-order valence-corrected chi connectivity index (χ0v) is 16.7. The topological polar surface area (TPSA) is 55.8 Å². The normalized spacial score (nSPS) is 16.9. The van der Waals surface area contributed by atoms with E-state index in [1.165, 1.54) is 38.5 Å². The van der Waals surface area contributed by atoms with Crippen molar-refractivity contribution in [2.75, 3.05) is 0 Å². The molecule has 0 spiro atoms. The lowest BCUT2D eigenvalue weighted by Crippen LogP contribution is -2.12. The fourth-order valence-electron chi connectivity index (χ4n) is 2.66. The van der Waals surface area contributed by atoms with Crippen molar-refractivity contribution in [3.8, 4) is 0 Å². The molecule has 2 atom stereocenters. The molecule has 5 heteroatoms. The van der Waals surface area contributed by atoms with Gasteiger partial charge in [-0.15, -0.1) is 0 Å². The van der Waals surface area contributed by atoms with Crippen LogP contribution >= 0.6 is 7.82 Å². The lowest BCUT2D eigenvalue weighted by molar-refractivity contribution is 0.0781. The maximum absolute atomic E-state index is 12.0. The van der Waals surface area contributed by atoms with Crippen LogP contribution in [0.1, 0.15) is 105 Å². The molecule has 0 radical (unpaired) electrons. The van der Waals surface area contributed by atoms with Crippen molar-refractivity contribution in [1.82, 2.24) is 0 Å². The molecule has 0 aromatic heterocycles. The highest BCUT2D eigenvalue weighted by molar-refractivity contribution is 7.47. The summed E-state index contributed by atoms with van der Waals surface area (Å²) in [5.41, 5.74) is 0. The number of rotatable bonds is 16. The van der Waals surface area contributed by atoms with E-state index in [1.807, 2.05) is 13.8 Å². The van der Waals surface area contributed by atoms with Gasteiger partial charge in [0.1, 0.15) is 0 Å². The average Bonchev–Trinajstić information content (AvgIpc) is 2.45. The summed E-state index contributed by atoms with van der Waals surface area (Å²) < 4.78 is 22.5. The van der Waals surface area contributed by atoms with E-state index in [4.69, 9.17) is 9.05 Å². The van der Waals surface area contributed by atoms with Gasteiger partial charge < -0.3 is 4.89 Å². The summed E-state index contributed by atoms with van der Waals surface area (Å²) in [6, 6.07) is 0. The van der Waals surface area contributed by atoms with Crippen LogP contribution in [0.3, 0.4) is 0 Å². The second-order valence-electron chi connectivity index (χ2n) is 6.71. The molecular weight excluding hydrogens is 311 g/mol. The third-order valence-electron chi connectivity index (χ3n) is 4.05. The van der Waals surface area contributed by atoms with E-state index in [-0.39, 0.29) is 12.2 Å². The Hall–Kier alpha value is 0.110. The van der Waals surface area contributed by atoms with Crippen LogP contribution in [0.2, 0.25) is 0 Å². The molecule has 0 aromatic rings. The molecule has 23 heavy (non-hydrogen) atoms. The number of phosphoric acid groups is 1. The van der Waals surface area contributed by atoms with Gasteiger partial charge in [0.2, 0.25) is 0 Å². The van der Waals surface area contributed by atoms with Crippen LogP contribution in [-0.4, -0.2) is 17.1 Å². The summed E-state index contributed by atoms with van der Waals surface area (Å²) in [7, 11) is -3.93. The van der Waals surface area contributed by atoms with Crippen LogP contribution in [0.25, 0.3) is 0 Å². The van der Waals surface area contributed by atoms with Gasteiger partial charge >= 0.3 is 7.82 Å². The van der Waals surface area contributed by atoms with Gasteiger partial charge in [0.15, 0.2) is 0 Å². The minimum absolute atomic E-state index is 0.232. The molecule has 0 aliphatic carbocycles. The summed E-state index contributed by atoms with van der Waals surface area (Å²) in [5.74, 6) is 0. The standard InChI is InChI=1S/C18H39O4P/c1-5-7-9-11-13-15-17(3)21-23(19,20)22-18(4)16-14-12-10-8-6-2/h17-18H,5-16H2,1-4H3,(H,19,20). The second kappa shape index (κ2) is 14.5. The number of hydrogen-bond acceptors (Lipinski definition) is 3. The van der Waals surface area contributed by atoms with Crippen LogP contribution in [-0.2, 0) is 13.6 Å². The minimum Gasteiger partial charge on any atom is -0.302 e. The SMILES string of the molecule is CCCCCCCC(C)OP(=O)(O)OC(C)CCCCCCC. The zero-order chi connectivity index (χ0) is 17.6. The van der Waals surface area contributed by atoms with Gasteiger partial charge in [0.05, 0.1) is 12.2 Å². The fraction of sp³-hybridized carbons (Fsp3) is 1.00. The lowest BCUT2D eigenvalue weighted by atomic mass is 10.1. The van der Waals surface area contributed by atoms with Gasteiger partial charge in [0, 0.05) is 0 Å². The van der Waals surface area contributed by atoms with Gasteiger partial charge in [-0.2, -0.15) is 0 Å². The van der Waals surface area contributed by atoms with Gasteiger partial charge in [-0.3, -0.25) is 9.05 Å².